The Labute approximate surface area is 135 Å². The summed E-state index contributed by atoms with van der Waals surface area (Å²) in [4.78, 5) is 25.6. The zero-order valence-corrected chi connectivity index (χ0v) is 13.4. The van der Waals surface area contributed by atoms with Crippen LogP contribution < -0.4 is 5.32 Å². The molecule has 1 aliphatic rings. The molecule has 0 aliphatic carbocycles. The summed E-state index contributed by atoms with van der Waals surface area (Å²) in [5.41, 5.74) is 0.438. The maximum atomic E-state index is 12.9. The Hall–Kier alpha value is -2.11. The Morgan fingerprint density at radius 1 is 1.26 bits per heavy atom. The van der Waals surface area contributed by atoms with Gasteiger partial charge in [0.15, 0.2) is 0 Å². The Morgan fingerprint density at radius 2 is 1.91 bits per heavy atom. The number of likely N-dealkylation sites (tertiary alicyclic amines) is 1. The lowest BCUT2D eigenvalue weighted by molar-refractivity contribution is 0.0836. The van der Waals surface area contributed by atoms with Crippen LogP contribution in [0.4, 0.5) is 9.18 Å². The molecule has 1 N–H and O–H groups in total. The highest BCUT2D eigenvalue weighted by atomic mass is 19.1. The summed E-state index contributed by atoms with van der Waals surface area (Å²) < 4.78 is 18.0. The minimum absolute atomic E-state index is 0.0206. The van der Waals surface area contributed by atoms with Gasteiger partial charge in [0.05, 0.1) is 6.61 Å². The van der Waals surface area contributed by atoms with Crippen molar-refractivity contribution in [3.63, 3.8) is 0 Å². The van der Waals surface area contributed by atoms with E-state index in [2.05, 4.69) is 5.32 Å². The molecule has 6 heteroatoms. The number of rotatable bonds is 5. The van der Waals surface area contributed by atoms with Gasteiger partial charge in [-0.2, -0.15) is 0 Å². The average molecular weight is 322 g/mol. The van der Waals surface area contributed by atoms with Crippen molar-refractivity contribution in [2.24, 2.45) is 0 Å². The van der Waals surface area contributed by atoms with Crippen LogP contribution in [0.15, 0.2) is 24.3 Å². The van der Waals surface area contributed by atoms with Crippen molar-refractivity contribution in [3.8, 4) is 0 Å². The first-order valence-electron chi connectivity index (χ1n) is 8.08. The number of ether oxygens (including phenoxy) is 1. The van der Waals surface area contributed by atoms with E-state index in [0.29, 0.717) is 38.1 Å². The molecule has 0 bridgehead atoms. The van der Waals surface area contributed by atoms with Crippen molar-refractivity contribution in [1.29, 1.82) is 0 Å². The highest BCUT2D eigenvalue weighted by Gasteiger charge is 2.24. The molecule has 1 aromatic carbocycles. The maximum absolute atomic E-state index is 12.9. The summed E-state index contributed by atoms with van der Waals surface area (Å²) in [6.07, 6.45) is 2.97. The molecule has 2 rings (SSSR count). The number of benzene rings is 1. The predicted molar refractivity (Wildman–Crippen MR) is 84.7 cm³/mol. The lowest BCUT2D eigenvalue weighted by Gasteiger charge is -2.31. The van der Waals surface area contributed by atoms with Gasteiger partial charge in [-0.25, -0.2) is 9.18 Å². The van der Waals surface area contributed by atoms with E-state index in [4.69, 9.17) is 4.74 Å². The molecule has 0 spiro atoms. The highest BCUT2D eigenvalue weighted by molar-refractivity contribution is 5.94. The van der Waals surface area contributed by atoms with Gasteiger partial charge in [-0.15, -0.1) is 0 Å². The summed E-state index contributed by atoms with van der Waals surface area (Å²) in [5, 5.41) is 2.93. The van der Waals surface area contributed by atoms with E-state index in [9.17, 15) is 14.0 Å². The highest BCUT2D eigenvalue weighted by Crippen LogP contribution is 2.13. The number of halogens is 1. The van der Waals surface area contributed by atoms with Crippen LogP contribution in [0, 0.1) is 5.82 Å². The van der Waals surface area contributed by atoms with Gasteiger partial charge < -0.3 is 15.0 Å². The summed E-state index contributed by atoms with van der Waals surface area (Å²) in [6, 6.07) is 5.48. The quantitative estimate of drug-likeness (QED) is 0.848. The molecular formula is C17H23FN2O3. The molecule has 126 valence electrons. The predicted octanol–water partition coefficient (Wildman–Crippen LogP) is 2.96. The van der Waals surface area contributed by atoms with Gasteiger partial charge in [0, 0.05) is 24.7 Å². The van der Waals surface area contributed by atoms with Crippen LogP contribution in [0.25, 0.3) is 0 Å². The van der Waals surface area contributed by atoms with Crippen LogP contribution >= 0.6 is 0 Å². The topological polar surface area (TPSA) is 58.6 Å². The minimum atomic E-state index is -0.364. The summed E-state index contributed by atoms with van der Waals surface area (Å²) in [6.45, 7) is 3.64. The second-order valence-corrected chi connectivity index (χ2v) is 5.71. The molecule has 1 aromatic rings. The molecular weight excluding hydrogens is 299 g/mol. The second-order valence-electron chi connectivity index (χ2n) is 5.71. The normalized spacial score (nSPS) is 15.3. The molecule has 0 saturated carbocycles. The third-order valence-electron chi connectivity index (χ3n) is 3.92. The minimum Gasteiger partial charge on any atom is -0.449 e. The number of carbonyl (C=O) groups is 2. The SMILES string of the molecule is CCCCOC(=O)N1CCC(NC(=O)c2ccc(F)cc2)CC1. The summed E-state index contributed by atoms with van der Waals surface area (Å²) in [7, 11) is 0. The first kappa shape index (κ1) is 17.2. The van der Waals surface area contributed by atoms with Crippen LogP contribution in [0.1, 0.15) is 43.0 Å². The Bertz CT molecular complexity index is 525. The maximum Gasteiger partial charge on any atom is 0.409 e. The smallest absolute Gasteiger partial charge is 0.409 e. The number of nitrogens with zero attached hydrogens (tertiary/aromatic N) is 1. The molecule has 1 heterocycles. The van der Waals surface area contributed by atoms with Crippen LogP contribution in [0.5, 0.6) is 0 Å². The number of hydrogen-bond acceptors (Lipinski definition) is 3. The molecule has 1 saturated heterocycles. The van der Waals surface area contributed by atoms with Crippen LogP contribution in [0.3, 0.4) is 0 Å². The molecule has 0 radical (unpaired) electrons. The second kappa shape index (κ2) is 8.50. The lowest BCUT2D eigenvalue weighted by atomic mass is 10.0. The van der Waals surface area contributed by atoms with Gasteiger partial charge in [-0.3, -0.25) is 4.79 Å². The van der Waals surface area contributed by atoms with Crippen molar-refractivity contribution in [3.05, 3.63) is 35.6 Å². The van der Waals surface area contributed by atoms with Gasteiger partial charge in [0.2, 0.25) is 0 Å². The molecule has 1 aliphatic heterocycles. The number of amides is 2. The molecule has 23 heavy (non-hydrogen) atoms. The fraction of sp³-hybridized carbons (Fsp3) is 0.529. The van der Waals surface area contributed by atoms with Crippen LogP contribution in [0.2, 0.25) is 0 Å². The van der Waals surface area contributed by atoms with Crippen molar-refractivity contribution >= 4 is 12.0 Å². The molecule has 0 atom stereocenters. The van der Waals surface area contributed by atoms with Gasteiger partial charge in [-0.05, 0) is 43.5 Å². The largest absolute Gasteiger partial charge is 0.449 e. The van der Waals surface area contributed by atoms with Crippen molar-refractivity contribution in [2.75, 3.05) is 19.7 Å². The first-order valence-corrected chi connectivity index (χ1v) is 8.08. The van der Waals surface area contributed by atoms with Gasteiger partial charge >= 0.3 is 6.09 Å². The fourth-order valence-corrected chi connectivity index (χ4v) is 2.47. The van der Waals surface area contributed by atoms with Crippen LogP contribution in [-0.2, 0) is 4.74 Å². The number of carbonyl (C=O) groups excluding carboxylic acids is 2. The number of unbranched alkanes of at least 4 members (excludes halogenated alkanes) is 1. The molecule has 2 amide bonds. The third-order valence-corrected chi connectivity index (χ3v) is 3.92. The average Bonchev–Trinajstić information content (AvgIpc) is 2.56. The monoisotopic (exact) mass is 322 g/mol. The van der Waals surface area contributed by atoms with Crippen molar-refractivity contribution in [2.45, 2.75) is 38.6 Å². The van der Waals surface area contributed by atoms with E-state index in [1.807, 2.05) is 6.92 Å². The first-order chi connectivity index (χ1) is 11.1. The van der Waals surface area contributed by atoms with E-state index in [1.165, 1.54) is 24.3 Å². The van der Waals surface area contributed by atoms with E-state index >= 15 is 0 Å². The standard InChI is InChI=1S/C17H23FN2O3/c1-2-3-12-23-17(22)20-10-8-15(9-11-20)19-16(21)13-4-6-14(18)7-5-13/h4-7,15H,2-3,8-12H2,1H3,(H,19,21). The van der Waals surface area contributed by atoms with E-state index < -0.39 is 0 Å². The Morgan fingerprint density at radius 3 is 2.52 bits per heavy atom. The van der Waals surface area contributed by atoms with Gasteiger partial charge in [0.25, 0.3) is 5.91 Å². The molecule has 0 aromatic heterocycles. The number of piperidine rings is 1. The number of hydrogen-bond donors (Lipinski definition) is 1. The zero-order chi connectivity index (χ0) is 16.7. The Kier molecular flexibility index (Phi) is 6.38. The van der Waals surface area contributed by atoms with Gasteiger partial charge in [-0.1, -0.05) is 13.3 Å². The van der Waals surface area contributed by atoms with Gasteiger partial charge in [0.1, 0.15) is 5.82 Å². The van der Waals surface area contributed by atoms with E-state index in [-0.39, 0.29) is 23.9 Å². The fourth-order valence-electron chi connectivity index (χ4n) is 2.47. The molecule has 1 fully saturated rings. The van der Waals surface area contributed by atoms with E-state index in [1.54, 1.807) is 4.90 Å². The molecule has 5 nitrogen and oxygen atoms in total. The zero-order valence-electron chi connectivity index (χ0n) is 13.4. The third kappa shape index (κ3) is 5.23. The number of nitrogens with one attached hydrogen (secondary N) is 1. The molecule has 0 unspecified atom stereocenters. The summed E-state index contributed by atoms with van der Waals surface area (Å²) >= 11 is 0. The van der Waals surface area contributed by atoms with Crippen molar-refractivity contribution in [1.82, 2.24) is 10.2 Å². The Balaban J connectivity index is 1.75. The lowest BCUT2D eigenvalue weighted by Crippen LogP contribution is -2.46. The summed E-state index contributed by atoms with van der Waals surface area (Å²) in [5.74, 6) is -0.578. The van der Waals surface area contributed by atoms with E-state index in [0.717, 1.165) is 12.8 Å². The van der Waals surface area contributed by atoms with Crippen molar-refractivity contribution < 1.29 is 18.7 Å². The van der Waals surface area contributed by atoms with Crippen LogP contribution in [-0.4, -0.2) is 42.6 Å².